The smallest absolute Gasteiger partial charge is 0.136 e. The van der Waals surface area contributed by atoms with E-state index in [-0.39, 0.29) is 16.6 Å². The minimum atomic E-state index is -1.10. The van der Waals surface area contributed by atoms with E-state index in [1.807, 2.05) is 39.8 Å². The van der Waals surface area contributed by atoms with E-state index in [0.29, 0.717) is 0 Å². The van der Waals surface area contributed by atoms with Crippen molar-refractivity contribution in [1.82, 2.24) is 4.72 Å². The number of nitrogen functional groups attached to an aromatic ring is 1. The monoisotopic (exact) mass is 273 g/mol. The molecule has 0 aliphatic rings. The van der Waals surface area contributed by atoms with Gasteiger partial charge >= 0.3 is 0 Å². The Bertz CT molecular complexity index is 398. The van der Waals surface area contributed by atoms with E-state index in [1.165, 1.54) is 11.3 Å². The lowest BCUT2D eigenvalue weighted by atomic mass is 10.3. The summed E-state index contributed by atoms with van der Waals surface area (Å²) in [5, 5.41) is 7.34. The molecule has 0 saturated heterocycles. The molecular formula is C11H19N3OS2. The summed E-state index contributed by atoms with van der Waals surface area (Å²) >= 11 is 0.358. The number of nitrogens with one attached hydrogen (secondary N) is 2. The second-order valence-corrected chi connectivity index (χ2v) is 7.95. The summed E-state index contributed by atoms with van der Waals surface area (Å²) in [6.45, 7) is 7.74. The highest BCUT2D eigenvalue weighted by Crippen LogP contribution is 2.25. The van der Waals surface area contributed by atoms with Crippen molar-refractivity contribution < 1.29 is 4.55 Å². The highest BCUT2D eigenvalue weighted by Gasteiger charge is 2.28. The van der Waals surface area contributed by atoms with Crippen LogP contribution in [0.3, 0.4) is 0 Å². The molecule has 1 rings (SSSR count). The molecule has 2 atom stereocenters. The molecule has 0 saturated carbocycles. The summed E-state index contributed by atoms with van der Waals surface area (Å²) in [6.07, 6.45) is 0. The second-order valence-electron chi connectivity index (χ2n) is 4.84. The first kappa shape index (κ1) is 14.5. The van der Waals surface area contributed by atoms with Crippen LogP contribution in [0.15, 0.2) is 12.1 Å². The highest BCUT2D eigenvalue weighted by molar-refractivity contribution is 7.90. The average Bonchev–Trinajstić information content (AvgIpc) is 2.64. The SMILES string of the molecule is CC(N[S+]([O-])C(C)(C)C)c1ccc(C(=N)N)s1. The molecule has 0 bridgehead atoms. The Hall–Kier alpha value is -0.560. The molecule has 96 valence electrons. The van der Waals surface area contributed by atoms with Crippen molar-refractivity contribution in [3.8, 4) is 0 Å². The van der Waals surface area contributed by atoms with Crippen LogP contribution >= 0.6 is 11.3 Å². The molecular weight excluding hydrogens is 254 g/mol. The molecule has 0 radical (unpaired) electrons. The summed E-state index contributed by atoms with van der Waals surface area (Å²) in [5.41, 5.74) is 5.41. The van der Waals surface area contributed by atoms with Crippen LogP contribution in [0.1, 0.15) is 43.5 Å². The minimum Gasteiger partial charge on any atom is -0.598 e. The summed E-state index contributed by atoms with van der Waals surface area (Å²) in [6, 6.07) is 3.73. The van der Waals surface area contributed by atoms with Crippen molar-refractivity contribution in [2.75, 3.05) is 0 Å². The first-order valence-corrected chi connectivity index (χ1v) is 7.30. The van der Waals surface area contributed by atoms with E-state index in [9.17, 15) is 4.55 Å². The van der Waals surface area contributed by atoms with Gasteiger partial charge in [0.2, 0.25) is 0 Å². The molecule has 0 aliphatic carbocycles. The van der Waals surface area contributed by atoms with Gasteiger partial charge in [0, 0.05) is 16.2 Å². The molecule has 0 spiro atoms. The molecule has 1 aromatic rings. The first-order chi connectivity index (χ1) is 7.71. The molecule has 17 heavy (non-hydrogen) atoms. The van der Waals surface area contributed by atoms with E-state index in [0.717, 1.165) is 9.75 Å². The number of thiophene rings is 1. The lowest BCUT2D eigenvalue weighted by Gasteiger charge is -2.26. The summed E-state index contributed by atoms with van der Waals surface area (Å²) in [5.74, 6) is 0.0744. The van der Waals surface area contributed by atoms with Crippen molar-refractivity contribution in [2.45, 2.75) is 38.5 Å². The number of hydrogen-bond acceptors (Lipinski definition) is 4. The fourth-order valence-corrected chi connectivity index (χ4v) is 2.87. The molecule has 4 N–H and O–H groups in total. The molecule has 2 unspecified atom stereocenters. The van der Waals surface area contributed by atoms with Gasteiger partial charge in [0.15, 0.2) is 0 Å². The molecule has 0 fully saturated rings. The lowest BCUT2D eigenvalue weighted by Crippen LogP contribution is -2.40. The predicted molar refractivity (Wildman–Crippen MR) is 74.8 cm³/mol. The van der Waals surface area contributed by atoms with Crippen LogP contribution in [0.25, 0.3) is 0 Å². The number of nitrogens with two attached hydrogens (primary N) is 1. The van der Waals surface area contributed by atoms with Crippen molar-refractivity contribution in [1.29, 1.82) is 5.41 Å². The van der Waals surface area contributed by atoms with Crippen molar-refractivity contribution in [2.24, 2.45) is 5.73 Å². The fraction of sp³-hybridized carbons (Fsp3) is 0.545. The molecule has 1 aromatic heterocycles. The third kappa shape index (κ3) is 3.99. The van der Waals surface area contributed by atoms with Gasteiger partial charge in [-0.25, -0.2) is 0 Å². The lowest BCUT2D eigenvalue weighted by molar-refractivity contribution is 0.532. The third-order valence-electron chi connectivity index (χ3n) is 2.16. The second kappa shape index (κ2) is 5.39. The van der Waals surface area contributed by atoms with Crippen molar-refractivity contribution in [3.05, 3.63) is 21.9 Å². The Morgan fingerprint density at radius 2 is 2.12 bits per heavy atom. The number of amidine groups is 1. The zero-order chi connectivity index (χ0) is 13.2. The van der Waals surface area contributed by atoms with Gasteiger partial charge in [0.25, 0.3) is 0 Å². The minimum absolute atomic E-state index is 0.00633. The van der Waals surface area contributed by atoms with E-state index >= 15 is 0 Å². The van der Waals surface area contributed by atoms with E-state index in [2.05, 4.69) is 4.72 Å². The first-order valence-electron chi connectivity index (χ1n) is 5.34. The number of hydrogen-bond donors (Lipinski definition) is 3. The Kier molecular flexibility index (Phi) is 4.60. The average molecular weight is 273 g/mol. The van der Waals surface area contributed by atoms with Gasteiger partial charge in [-0.1, -0.05) is 0 Å². The van der Waals surface area contributed by atoms with Gasteiger partial charge in [-0.2, -0.15) is 0 Å². The summed E-state index contributed by atoms with van der Waals surface area (Å²) in [4.78, 5) is 1.78. The van der Waals surface area contributed by atoms with Crippen LogP contribution in [0.4, 0.5) is 0 Å². The summed E-state index contributed by atoms with van der Waals surface area (Å²) in [7, 11) is 0. The standard InChI is InChI=1S/C11H19N3OS2/c1-7(14-17(15)11(2,3)4)8-5-6-9(16-8)10(12)13/h5-7,14H,1-4H3,(H3,12,13). The van der Waals surface area contributed by atoms with Gasteiger partial charge in [-0.3, -0.25) is 5.41 Å². The largest absolute Gasteiger partial charge is 0.598 e. The molecule has 6 heteroatoms. The molecule has 0 aliphatic heterocycles. The number of rotatable bonds is 4. The third-order valence-corrected chi connectivity index (χ3v) is 5.14. The molecule has 4 nitrogen and oxygen atoms in total. The van der Waals surface area contributed by atoms with Gasteiger partial charge in [-0.15, -0.1) is 16.1 Å². The van der Waals surface area contributed by atoms with Crippen molar-refractivity contribution in [3.63, 3.8) is 0 Å². The van der Waals surface area contributed by atoms with Crippen LogP contribution in [0, 0.1) is 5.41 Å². The molecule has 0 amide bonds. The summed E-state index contributed by atoms with van der Waals surface area (Å²) < 4.78 is 14.7. The Morgan fingerprint density at radius 1 is 1.53 bits per heavy atom. The van der Waals surface area contributed by atoms with E-state index < -0.39 is 11.4 Å². The highest BCUT2D eigenvalue weighted by atomic mass is 32.2. The van der Waals surface area contributed by atoms with Gasteiger partial charge in [-0.05, 0) is 39.8 Å². The van der Waals surface area contributed by atoms with Crippen molar-refractivity contribution >= 4 is 28.5 Å². The quantitative estimate of drug-likeness (QED) is 0.446. The zero-order valence-electron chi connectivity index (χ0n) is 10.5. The predicted octanol–water partition coefficient (Wildman–Crippen LogP) is 2.14. The normalized spacial score (nSPS) is 15.6. The maximum absolute atomic E-state index is 11.9. The fourth-order valence-electron chi connectivity index (χ4n) is 1.13. The molecule has 1 heterocycles. The topological polar surface area (TPSA) is 85.0 Å². The van der Waals surface area contributed by atoms with Crippen LogP contribution in [-0.4, -0.2) is 15.1 Å². The van der Waals surface area contributed by atoms with Crippen LogP contribution in [0.5, 0.6) is 0 Å². The van der Waals surface area contributed by atoms with Gasteiger partial charge in [0.05, 0.1) is 10.9 Å². The Balaban J connectivity index is 2.70. The van der Waals surface area contributed by atoms with Crippen LogP contribution < -0.4 is 10.5 Å². The van der Waals surface area contributed by atoms with Crippen LogP contribution in [-0.2, 0) is 11.4 Å². The Labute approximate surface area is 109 Å². The Morgan fingerprint density at radius 3 is 2.53 bits per heavy atom. The van der Waals surface area contributed by atoms with Gasteiger partial charge in [0.1, 0.15) is 10.6 Å². The van der Waals surface area contributed by atoms with E-state index in [4.69, 9.17) is 11.1 Å². The zero-order valence-corrected chi connectivity index (χ0v) is 12.2. The van der Waals surface area contributed by atoms with E-state index in [1.54, 1.807) is 0 Å². The maximum Gasteiger partial charge on any atom is 0.136 e. The van der Waals surface area contributed by atoms with Crippen LogP contribution in [0.2, 0.25) is 0 Å². The van der Waals surface area contributed by atoms with Gasteiger partial charge < -0.3 is 10.3 Å². The molecule has 0 aromatic carbocycles. The maximum atomic E-state index is 11.9.